The van der Waals surface area contributed by atoms with Gasteiger partial charge in [-0.3, -0.25) is 37.3 Å². The van der Waals surface area contributed by atoms with E-state index in [1.165, 1.54) is 289 Å². The number of unbranched alkanes of at least 4 members (excludes halogenated alkanes) is 56. The Morgan fingerprint density at radius 2 is 0.477 bits per heavy atom. The average molecular weight is 1560 g/mol. The van der Waals surface area contributed by atoms with Gasteiger partial charge >= 0.3 is 39.5 Å². The van der Waals surface area contributed by atoms with Crippen molar-refractivity contribution in [1.29, 1.82) is 0 Å². The molecule has 19 heteroatoms. The molecule has 0 bridgehead atoms. The number of aliphatic hydroxyl groups excluding tert-OH is 1. The Hall–Kier alpha value is -1.94. The van der Waals surface area contributed by atoms with Gasteiger partial charge in [0.05, 0.1) is 26.4 Å². The van der Waals surface area contributed by atoms with Crippen molar-refractivity contribution in [3.05, 3.63) is 0 Å². The second-order valence-corrected chi connectivity index (χ2v) is 35.3. The Bertz CT molecular complexity index is 2050. The summed E-state index contributed by atoms with van der Waals surface area (Å²) >= 11 is 0. The molecule has 0 fully saturated rings. The van der Waals surface area contributed by atoms with Crippen LogP contribution in [-0.4, -0.2) is 96.7 Å². The Kier molecular flexibility index (Phi) is 77.9. The van der Waals surface area contributed by atoms with Gasteiger partial charge in [-0.15, -0.1) is 0 Å². The molecule has 0 aliphatic carbocycles. The molecule has 0 aromatic rings. The third-order valence-corrected chi connectivity index (χ3v) is 23.0. The highest BCUT2D eigenvalue weighted by atomic mass is 31.2. The van der Waals surface area contributed by atoms with Crippen LogP contribution in [0.5, 0.6) is 0 Å². The summed E-state index contributed by atoms with van der Waals surface area (Å²) in [6, 6.07) is 0. The van der Waals surface area contributed by atoms with Crippen molar-refractivity contribution >= 4 is 39.5 Å². The summed E-state index contributed by atoms with van der Waals surface area (Å²) in [5.41, 5.74) is 0. The number of esters is 4. The molecule has 0 saturated heterocycles. The van der Waals surface area contributed by atoms with Crippen LogP contribution in [0.15, 0.2) is 0 Å². The quantitative estimate of drug-likeness (QED) is 0.0222. The van der Waals surface area contributed by atoms with Crippen LogP contribution >= 0.6 is 15.6 Å². The first-order chi connectivity index (χ1) is 51.9. The highest BCUT2D eigenvalue weighted by Crippen LogP contribution is 2.45. The number of carbonyl (C=O) groups is 4. The van der Waals surface area contributed by atoms with Gasteiger partial charge in [-0.25, -0.2) is 9.13 Å². The molecule has 3 N–H and O–H groups in total. The van der Waals surface area contributed by atoms with Crippen molar-refractivity contribution in [3.8, 4) is 0 Å². The largest absolute Gasteiger partial charge is 0.472 e. The van der Waals surface area contributed by atoms with Crippen LogP contribution in [0.4, 0.5) is 0 Å². The van der Waals surface area contributed by atoms with Gasteiger partial charge in [0, 0.05) is 25.7 Å². The number of aliphatic hydroxyl groups is 1. The van der Waals surface area contributed by atoms with Gasteiger partial charge in [-0.05, 0) is 37.5 Å². The molecule has 0 rings (SSSR count). The van der Waals surface area contributed by atoms with Crippen molar-refractivity contribution < 1.29 is 80.2 Å². The van der Waals surface area contributed by atoms with Crippen LogP contribution in [0.1, 0.15) is 472 Å². The van der Waals surface area contributed by atoms with Gasteiger partial charge in [-0.2, -0.15) is 0 Å². The minimum atomic E-state index is -4.97. The molecule has 0 heterocycles. The molecule has 0 aromatic heterocycles. The Labute approximate surface area is 658 Å². The molecule has 107 heavy (non-hydrogen) atoms. The second-order valence-electron chi connectivity index (χ2n) is 32.4. The second kappa shape index (κ2) is 79.3. The summed E-state index contributed by atoms with van der Waals surface area (Å²) in [7, 11) is -9.93. The summed E-state index contributed by atoms with van der Waals surface area (Å²) in [5.74, 6) is -0.547. The lowest BCUT2D eigenvalue weighted by Crippen LogP contribution is -2.30. The number of rotatable bonds is 87. The van der Waals surface area contributed by atoms with Crippen LogP contribution in [0, 0.1) is 11.8 Å². The van der Waals surface area contributed by atoms with Crippen molar-refractivity contribution in [2.75, 3.05) is 39.6 Å². The van der Waals surface area contributed by atoms with Gasteiger partial charge in [0.1, 0.15) is 19.3 Å². The van der Waals surface area contributed by atoms with Gasteiger partial charge in [0.15, 0.2) is 12.2 Å². The number of hydrogen-bond acceptors (Lipinski definition) is 15. The first kappa shape index (κ1) is 105. The van der Waals surface area contributed by atoms with E-state index in [0.717, 1.165) is 102 Å². The SMILES string of the molecule is CCCCCCCCCCCCCCCCCCCCCCCCC(=O)O[C@H](COC(=O)CCCCCCCCCCCCCCCCCCCC)COP(=O)(O)OC[C@@H](O)COP(=O)(O)OC[C@@H](COC(=O)CCCCCCCCCCC(C)CC)OC(=O)CCCCCCCCCCCCCCC(C)C. The normalized spacial score (nSPS) is 14.0. The van der Waals surface area contributed by atoms with Crippen LogP contribution in [0.2, 0.25) is 0 Å². The van der Waals surface area contributed by atoms with Crippen LogP contribution < -0.4 is 0 Å². The smallest absolute Gasteiger partial charge is 0.462 e. The molecule has 636 valence electrons. The zero-order chi connectivity index (χ0) is 78.5. The fraction of sp³-hybridized carbons (Fsp3) is 0.955. The third-order valence-electron chi connectivity index (χ3n) is 21.1. The van der Waals surface area contributed by atoms with Gasteiger partial charge in [0.2, 0.25) is 0 Å². The summed E-state index contributed by atoms with van der Waals surface area (Å²) in [5, 5.41) is 10.7. The number of phosphoric acid groups is 2. The van der Waals surface area contributed by atoms with Crippen molar-refractivity contribution in [1.82, 2.24) is 0 Å². The van der Waals surface area contributed by atoms with E-state index >= 15 is 0 Å². The number of hydrogen-bond donors (Lipinski definition) is 3. The summed E-state index contributed by atoms with van der Waals surface area (Å²) < 4.78 is 69.0. The highest BCUT2D eigenvalue weighted by Gasteiger charge is 2.31. The minimum absolute atomic E-state index is 0.107. The molecule has 0 aliphatic heterocycles. The molecular formula is C88H172O17P2. The van der Waals surface area contributed by atoms with E-state index < -0.39 is 97.5 Å². The van der Waals surface area contributed by atoms with Crippen molar-refractivity contribution in [3.63, 3.8) is 0 Å². The Balaban J connectivity index is 5.24. The first-order valence-electron chi connectivity index (χ1n) is 45.5. The van der Waals surface area contributed by atoms with E-state index in [-0.39, 0.29) is 25.7 Å². The molecule has 0 spiro atoms. The van der Waals surface area contributed by atoms with Gasteiger partial charge < -0.3 is 33.8 Å². The maximum Gasteiger partial charge on any atom is 0.472 e. The average Bonchev–Trinajstić information content (AvgIpc) is 0.903. The third kappa shape index (κ3) is 80.5. The molecule has 0 aliphatic rings. The Morgan fingerprint density at radius 3 is 0.710 bits per heavy atom. The monoisotopic (exact) mass is 1560 g/mol. The van der Waals surface area contributed by atoms with E-state index in [1.54, 1.807) is 0 Å². The molecule has 0 amide bonds. The fourth-order valence-electron chi connectivity index (χ4n) is 13.7. The maximum absolute atomic E-state index is 13.2. The molecule has 0 saturated carbocycles. The maximum atomic E-state index is 13.2. The predicted octanol–water partition coefficient (Wildman–Crippen LogP) is 27.0. The van der Waals surface area contributed by atoms with E-state index in [9.17, 15) is 43.2 Å². The van der Waals surface area contributed by atoms with E-state index in [4.69, 9.17) is 37.0 Å². The number of carbonyl (C=O) groups excluding carboxylic acids is 4. The molecule has 3 unspecified atom stereocenters. The van der Waals surface area contributed by atoms with Gasteiger partial charge in [0.25, 0.3) is 0 Å². The number of phosphoric ester groups is 2. The minimum Gasteiger partial charge on any atom is -0.462 e. The van der Waals surface area contributed by atoms with E-state index in [1.807, 2.05) is 0 Å². The van der Waals surface area contributed by atoms with Crippen LogP contribution in [-0.2, 0) is 65.4 Å². The summed E-state index contributed by atoms with van der Waals surface area (Å²) in [4.78, 5) is 73.3. The van der Waals surface area contributed by atoms with Crippen LogP contribution in [0.3, 0.4) is 0 Å². The predicted molar refractivity (Wildman–Crippen MR) is 442 cm³/mol. The summed E-state index contributed by atoms with van der Waals surface area (Å²) in [6.07, 6.45) is 72.3. The zero-order valence-electron chi connectivity index (χ0n) is 70.5. The van der Waals surface area contributed by atoms with E-state index in [2.05, 4.69) is 41.5 Å². The zero-order valence-corrected chi connectivity index (χ0v) is 72.2. The molecule has 0 radical (unpaired) electrons. The number of ether oxygens (including phenoxy) is 4. The standard InChI is InChI=1S/C88H172O17P2/c1-7-10-12-14-16-18-20-22-24-26-28-29-30-31-33-35-37-42-46-54-60-66-72-87(92)104-83(76-98-85(90)70-64-58-52-45-41-36-34-32-27-25-23-21-19-17-15-13-11-8-2)78-102-106(94,95)100-74-82(89)75-101-107(96,97)103-79-84(77-99-86(91)71-65-59-53-49-48-51-57-63-69-81(6)9-3)105-88(93)73-67-61-55-47-43-39-38-40-44-50-56-62-68-80(4)5/h80-84,89H,7-79H2,1-6H3,(H,94,95)(H,96,97)/t81?,82-,83-,84-/m1/s1. The first-order valence-corrected chi connectivity index (χ1v) is 48.5. The fourth-order valence-corrected chi connectivity index (χ4v) is 15.3. The van der Waals surface area contributed by atoms with Gasteiger partial charge in [-0.1, -0.05) is 420 Å². The topological polar surface area (TPSA) is 237 Å². The molecule has 6 atom stereocenters. The summed E-state index contributed by atoms with van der Waals surface area (Å²) in [6.45, 7) is 9.69. The van der Waals surface area contributed by atoms with Crippen LogP contribution in [0.25, 0.3) is 0 Å². The molecule has 17 nitrogen and oxygen atoms in total. The molecule has 0 aromatic carbocycles. The van der Waals surface area contributed by atoms with E-state index in [0.29, 0.717) is 25.7 Å². The molecular weight excluding hydrogens is 1390 g/mol. The van der Waals surface area contributed by atoms with Crippen molar-refractivity contribution in [2.45, 2.75) is 490 Å². The lowest BCUT2D eigenvalue weighted by atomic mass is 9.99. The Morgan fingerprint density at radius 1 is 0.271 bits per heavy atom. The van der Waals surface area contributed by atoms with Crippen molar-refractivity contribution in [2.24, 2.45) is 11.8 Å². The highest BCUT2D eigenvalue weighted by molar-refractivity contribution is 7.47. The lowest BCUT2D eigenvalue weighted by molar-refractivity contribution is -0.161. The lowest BCUT2D eigenvalue weighted by Gasteiger charge is -2.21.